The maximum Gasteiger partial charge on any atom is 0.508 e. The van der Waals surface area contributed by atoms with E-state index in [1.807, 2.05) is 27.7 Å². The highest BCUT2D eigenvalue weighted by Crippen LogP contribution is 2.30. The van der Waals surface area contributed by atoms with Gasteiger partial charge in [-0.3, -0.25) is 9.97 Å². The number of carbonyl (C=O) groups excluding carboxylic acids is 3. The van der Waals surface area contributed by atoms with Crippen LogP contribution in [-0.4, -0.2) is 145 Å². The van der Waals surface area contributed by atoms with Crippen molar-refractivity contribution in [2.45, 2.75) is 49.5 Å². The number of pyridine rings is 4. The number of likely N-dealkylation sites (N-methyl/N-ethyl adjacent to an activating group) is 2. The Morgan fingerprint density at radius 2 is 1.00 bits per heavy atom. The molecular weight excluding hydrogens is 873 g/mol. The molecule has 23 heteroatoms. The third-order valence-electron chi connectivity index (χ3n) is 10.1. The molecule has 21 nitrogen and oxygen atoms in total. The first kappa shape index (κ1) is 47.1. The van der Waals surface area contributed by atoms with Crippen LogP contribution in [0.4, 0.5) is 14.4 Å². The van der Waals surface area contributed by atoms with Gasteiger partial charge >= 0.3 is 28.5 Å². The Bertz CT molecular complexity index is 2520. The van der Waals surface area contributed by atoms with Gasteiger partial charge in [0.1, 0.15) is 35.7 Å². The Balaban J connectivity index is 1.08. The Morgan fingerprint density at radius 3 is 1.36 bits per heavy atom. The smallest absolute Gasteiger partial charge is 0.508 e. The lowest BCUT2D eigenvalue weighted by Crippen LogP contribution is -2.36. The van der Waals surface area contributed by atoms with Gasteiger partial charge in [0.2, 0.25) is 11.8 Å². The zero-order chi connectivity index (χ0) is 46.4. The second-order valence-corrected chi connectivity index (χ2v) is 17.0. The van der Waals surface area contributed by atoms with Crippen LogP contribution in [0.1, 0.15) is 33.6 Å². The summed E-state index contributed by atoms with van der Waals surface area (Å²) in [5.41, 5.74) is 4.90. The minimum absolute atomic E-state index is 0.0654. The van der Waals surface area contributed by atoms with Crippen molar-refractivity contribution in [2.24, 2.45) is 0 Å². The highest BCUT2D eigenvalue weighted by Gasteiger charge is 2.32. The van der Waals surface area contributed by atoms with Crippen LogP contribution < -0.4 is 18.9 Å². The van der Waals surface area contributed by atoms with Crippen LogP contribution in [0.15, 0.2) is 47.0 Å². The van der Waals surface area contributed by atoms with Crippen LogP contribution in [0.2, 0.25) is 0 Å². The van der Waals surface area contributed by atoms with E-state index in [4.69, 9.17) is 28.4 Å². The Kier molecular flexibility index (Phi) is 15.0. The molecule has 0 fully saturated rings. The molecule has 0 saturated heterocycles. The third-order valence-corrected chi connectivity index (χ3v) is 12.5. The van der Waals surface area contributed by atoms with Gasteiger partial charge in [0.05, 0.1) is 52.9 Å². The van der Waals surface area contributed by atoms with E-state index in [-0.39, 0.29) is 82.2 Å². The predicted octanol–water partition coefficient (Wildman–Crippen LogP) is 4.50. The molecule has 6 rings (SSSR count). The Hall–Kier alpha value is -6.43. The lowest BCUT2D eigenvalue weighted by molar-refractivity contribution is 0.0479. The molecule has 6 aromatic rings. The van der Waals surface area contributed by atoms with Gasteiger partial charge in [0.25, 0.3) is 0 Å². The summed E-state index contributed by atoms with van der Waals surface area (Å²) >= 11 is -3.75. The van der Waals surface area contributed by atoms with Crippen molar-refractivity contribution in [3.05, 3.63) is 70.3 Å². The fraction of sp³-hybridized carbons (Fsp3) is 0.390. The number of nitrogens with zero attached hydrogens (tertiary/aromatic N) is 10. The maximum atomic E-state index is 13.9. The minimum Gasteiger partial charge on any atom is -0.609 e. The lowest BCUT2D eigenvalue weighted by Gasteiger charge is -2.20. The molecule has 2 unspecified atom stereocenters. The van der Waals surface area contributed by atoms with Gasteiger partial charge in [-0.05, 0) is 39.8 Å². The van der Waals surface area contributed by atoms with Crippen molar-refractivity contribution in [2.75, 3.05) is 68.8 Å². The summed E-state index contributed by atoms with van der Waals surface area (Å²) in [5, 5.41) is -0.131. The molecule has 2 amide bonds. The number of imidazole rings is 2. The van der Waals surface area contributed by atoms with Crippen molar-refractivity contribution in [1.29, 1.82) is 0 Å². The molecule has 6 heterocycles. The van der Waals surface area contributed by atoms with Crippen molar-refractivity contribution in [3.63, 3.8) is 0 Å². The first-order chi connectivity index (χ1) is 30.6. The highest BCUT2D eigenvalue weighted by molar-refractivity contribution is 7.90. The number of aryl methyl sites for hydroxylation is 2. The van der Waals surface area contributed by atoms with Gasteiger partial charge in [-0.2, -0.15) is 19.9 Å². The number of rotatable bonds is 16. The third kappa shape index (κ3) is 9.86. The van der Waals surface area contributed by atoms with Crippen LogP contribution in [0.25, 0.3) is 22.3 Å². The molecular formula is C41H48N10O11S2. The first-order valence-electron chi connectivity index (χ1n) is 19.5. The largest absolute Gasteiger partial charge is 0.609 e. The van der Waals surface area contributed by atoms with Gasteiger partial charge in [-0.15, -0.1) is 0 Å². The molecule has 0 aliphatic heterocycles. The van der Waals surface area contributed by atoms with Crippen molar-refractivity contribution in [1.82, 2.24) is 48.8 Å². The maximum absolute atomic E-state index is 13.9. The summed E-state index contributed by atoms with van der Waals surface area (Å²) in [6, 6.07) is 5.03. The number of aromatic nitrogens is 8. The standard InChI is InChI=1S/C41H48N10O11S2/c1-23-19-42-27(25(3)33(23)59-9)21-63(55)37-46-35-29(11-13-31(44-35)57-7)50(37)39(52)48(5)15-17-61-41(54)62-18-16-49(6)40(53)51-30-12-14-32(58-8)45-36(30)47-38(51)64(56)22-28-26(4)34(60-10)24(2)20-43-28/h11-14,19-20H,15-18,21-22H2,1-10H3. The van der Waals surface area contributed by atoms with E-state index in [1.165, 1.54) is 47.2 Å². The van der Waals surface area contributed by atoms with E-state index in [0.717, 1.165) is 11.1 Å². The molecule has 64 heavy (non-hydrogen) atoms. The average molecular weight is 921 g/mol. The quantitative estimate of drug-likeness (QED) is 0.0957. The van der Waals surface area contributed by atoms with Crippen LogP contribution in [0, 0.1) is 27.7 Å². The summed E-state index contributed by atoms with van der Waals surface area (Å²) in [5.74, 6) is 1.60. The second-order valence-electron chi connectivity index (χ2n) is 14.3. The molecule has 6 aromatic heterocycles. The van der Waals surface area contributed by atoms with Gasteiger partial charge in [-0.1, -0.05) is 0 Å². The SMILES string of the molecule is COc1ccc2c(n1)nc([S+]([O-])Cc1ncc(C)c(OC)c1C)n2C(=O)N(C)CCOC(=O)OCCN(C)C(=O)n1c([S+]([O-])Cc2ncc(C)c(OC)c2C)nc2nc(OC)ccc21. The number of hydrogen-bond acceptors (Lipinski definition) is 17. The summed E-state index contributed by atoms with van der Waals surface area (Å²) < 4.78 is 62.2. The summed E-state index contributed by atoms with van der Waals surface area (Å²) in [4.78, 5) is 69.6. The number of methoxy groups -OCH3 is 4. The van der Waals surface area contributed by atoms with E-state index < -0.39 is 40.6 Å². The zero-order valence-corrected chi connectivity index (χ0v) is 38.6. The van der Waals surface area contributed by atoms with E-state index in [9.17, 15) is 23.5 Å². The number of amides is 2. The number of fused-ring (bicyclic) bond motifs is 2. The normalized spacial score (nSPS) is 12.2. The zero-order valence-electron chi connectivity index (χ0n) is 37.0. The number of hydrogen-bond donors (Lipinski definition) is 0. The highest BCUT2D eigenvalue weighted by atomic mass is 32.2. The monoisotopic (exact) mass is 920 g/mol. The lowest BCUT2D eigenvalue weighted by atomic mass is 10.1. The molecule has 0 bridgehead atoms. The molecule has 0 aromatic carbocycles. The second kappa shape index (κ2) is 20.4. The topological polar surface area (TPSA) is 246 Å². The summed E-state index contributed by atoms with van der Waals surface area (Å²) in [7, 11) is 8.92. The van der Waals surface area contributed by atoms with E-state index in [2.05, 4.69) is 29.9 Å². The first-order valence-corrected chi connectivity index (χ1v) is 22.2. The predicted molar refractivity (Wildman–Crippen MR) is 233 cm³/mol. The van der Waals surface area contributed by atoms with Gasteiger partial charge in [-0.25, -0.2) is 23.5 Å². The Labute approximate surface area is 374 Å². The van der Waals surface area contributed by atoms with Gasteiger partial charge < -0.3 is 47.3 Å². The van der Waals surface area contributed by atoms with Crippen LogP contribution in [0.3, 0.4) is 0 Å². The van der Waals surface area contributed by atoms with E-state index in [1.54, 1.807) is 50.9 Å². The molecule has 2 atom stereocenters. The number of carbonyl (C=O) groups is 3. The van der Waals surface area contributed by atoms with Crippen molar-refractivity contribution in [3.8, 4) is 23.3 Å². The summed E-state index contributed by atoms with van der Waals surface area (Å²) in [6.45, 7) is 6.61. The van der Waals surface area contributed by atoms with Crippen LogP contribution in [-0.2, 0) is 43.3 Å². The van der Waals surface area contributed by atoms with Gasteiger partial charge in [0, 0.05) is 83.2 Å². The van der Waals surface area contributed by atoms with Gasteiger partial charge in [0.15, 0.2) is 22.8 Å². The fourth-order valence-electron chi connectivity index (χ4n) is 6.67. The average Bonchev–Trinajstić information content (AvgIpc) is 3.86. The molecule has 0 aliphatic carbocycles. The molecule has 0 spiro atoms. The molecule has 0 N–H and O–H groups in total. The van der Waals surface area contributed by atoms with E-state index >= 15 is 0 Å². The fourth-order valence-corrected chi connectivity index (χ4v) is 9.14. The van der Waals surface area contributed by atoms with Crippen molar-refractivity contribution < 1.29 is 51.9 Å². The summed E-state index contributed by atoms with van der Waals surface area (Å²) in [6.07, 6.45) is 2.20. The molecule has 0 saturated carbocycles. The number of ether oxygens (including phenoxy) is 6. The van der Waals surface area contributed by atoms with Crippen LogP contribution >= 0.6 is 0 Å². The molecule has 0 radical (unpaired) electrons. The van der Waals surface area contributed by atoms with E-state index in [0.29, 0.717) is 34.0 Å². The molecule has 0 aliphatic rings. The van der Waals surface area contributed by atoms with Crippen LogP contribution in [0.5, 0.6) is 23.3 Å². The molecule has 340 valence electrons. The van der Waals surface area contributed by atoms with Crippen molar-refractivity contribution >= 4 is 62.9 Å². The Morgan fingerprint density at radius 1 is 0.609 bits per heavy atom. The minimum atomic E-state index is -1.87.